The van der Waals surface area contributed by atoms with Crippen LogP contribution in [0.2, 0.25) is 0 Å². The van der Waals surface area contributed by atoms with Crippen LogP contribution >= 0.6 is 15.9 Å². The number of allylic oxidation sites excluding steroid dienone is 1. The van der Waals surface area contributed by atoms with Crippen molar-refractivity contribution >= 4 is 27.4 Å². The number of carbonyl (C=O) groups is 1. The Morgan fingerprint density at radius 1 is 1.10 bits per heavy atom. The van der Waals surface area contributed by atoms with Crippen LogP contribution in [0.15, 0.2) is 59.2 Å². The molecule has 0 spiro atoms. The lowest BCUT2D eigenvalue weighted by atomic mass is 10.1. The lowest BCUT2D eigenvalue weighted by Crippen LogP contribution is -1.97. The molecule has 2 aromatic rings. The minimum Gasteiger partial charge on any atom is -0.361 e. The largest absolute Gasteiger partial charge is 0.361 e. The maximum Gasteiger partial charge on any atom is 0.187 e. The van der Waals surface area contributed by atoms with Crippen LogP contribution in [0, 0.1) is 13.8 Å². The van der Waals surface area contributed by atoms with Crippen molar-refractivity contribution in [3.8, 4) is 0 Å². The maximum absolute atomic E-state index is 12.0. The molecular weight excluding hydrogens is 314 g/mol. The molecule has 2 aromatic carbocycles. The number of nitrogens with one attached hydrogen (secondary N) is 1. The Labute approximate surface area is 127 Å². The second kappa shape index (κ2) is 6.53. The van der Waals surface area contributed by atoms with Gasteiger partial charge >= 0.3 is 0 Å². The lowest BCUT2D eigenvalue weighted by molar-refractivity contribution is 0.104. The molecule has 3 heteroatoms. The number of rotatable bonds is 4. The summed E-state index contributed by atoms with van der Waals surface area (Å²) in [6.45, 7) is 4.08. The van der Waals surface area contributed by atoms with Crippen molar-refractivity contribution in [2.45, 2.75) is 13.8 Å². The Hall–Kier alpha value is -1.87. The molecule has 2 nitrogen and oxygen atoms in total. The van der Waals surface area contributed by atoms with Gasteiger partial charge in [-0.05, 0) is 55.3 Å². The molecule has 0 saturated heterocycles. The van der Waals surface area contributed by atoms with Crippen molar-refractivity contribution in [1.29, 1.82) is 0 Å². The smallest absolute Gasteiger partial charge is 0.187 e. The molecular formula is C17H16BrNO. The van der Waals surface area contributed by atoms with Gasteiger partial charge in [0.05, 0.1) is 0 Å². The first-order valence-electron chi connectivity index (χ1n) is 6.36. The molecule has 0 aromatic heterocycles. The van der Waals surface area contributed by atoms with Crippen molar-refractivity contribution in [3.63, 3.8) is 0 Å². The van der Waals surface area contributed by atoms with E-state index < -0.39 is 0 Å². The van der Waals surface area contributed by atoms with E-state index in [4.69, 9.17) is 0 Å². The molecule has 0 unspecified atom stereocenters. The van der Waals surface area contributed by atoms with E-state index in [1.807, 2.05) is 26.0 Å². The van der Waals surface area contributed by atoms with Gasteiger partial charge in [-0.25, -0.2) is 0 Å². The average molecular weight is 330 g/mol. The summed E-state index contributed by atoms with van der Waals surface area (Å²) in [6.07, 6.45) is 3.23. The van der Waals surface area contributed by atoms with Crippen LogP contribution in [0.5, 0.6) is 0 Å². The van der Waals surface area contributed by atoms with Crippen molar-refractivity contribution < 1.29 is 4.79 Å². The first-order chi connectivity index (χ1) is 9.56. The van der Waals surface area contributed by atoms with E-state index in [1.165, 1.54) is 5.56 Å². The zero-order valence-electron chi connectivity index (χ0n) is 11.5. The van der Waals surface area contributed by atoms with E-state index in [-0.39, 0.29) is 5.78 Å². The van der Waals surface area contributed by atoms with E-state index in [2.05, 4.69) is 39.4 Å². The van der Waals surface area contributed by atoms with Gasteiger partial charge in [0.1, 0.15) is 0 Å². The van der Waals surface area contributed by atoms with Crippen LogP contribution < -0.4 is 5.32 Å². The molecule has 0 atom stereocenters. The van der Waals surface area contributed by atoms with Crippen LogP contribution in [0.25, 0.3) is 0 Å². The molecule has 0 saturated carbocycles. The van der Waals surface area contributed by atoms with Crippen molar-refractivity contribution in [2.75, 3.05) is 5.32 Å². The van der Waals surface area contributed by atoms with Gasteiger partial charge in [0, 0.05) is 28.0 Å². The zero-order chi connectivity index (χ0) is 14.5. The van der Waals surface area contributed by atoms with Gasteiger partial charge < -0.3 is 5.32 Å². The fourth-order valence-electron chi connectivity index (χ4n) is 1.81. The van der Waals surface area contributed by atoms with Crippen molar-refractivity contribution in [1.82, 2.24) is 0 Å². The topological polar surface area (TPSA) is 29.1 Å². The van der Waals surface area contributed by atoms with Crippen LogP contribution in [0.3, 0.4) is 0 Å². The van der Waals surface area contributed by atoms with E-state index in [0.717, 1.165) is 15.7 Å². The van der Waals surface area contributed by atoms with Crippen LogP contribution in [-0.2, 0) is 0 Å². The molecule has 0 heterocycles. The molecule has 0 aliphatic rings. The highest BCUT2D eigenvalue weighted by molar-refractivity contribution is 9.10. The zero-order valence-corrected chi connectivity index (χ0v) is 13.1. The third-order valence-electron chi connectivity index (χ3n) is 3.00. The highest BCUT2D eigenvalue weighted by Crippen LogP contribution is 2.16. The van der Waals surface area contributed by atoms with Crippen molar-refractivity contribution in [2.24, 2.45) is 0 Å². The number of hydrogen-bond acceptors (Lipinski definition) is 2. The Morgan fingerprint density at radius 3 is 2.50 bits per heavy atom. The van der Waals surface area contributed by atoms with Crippen LogP contribution in [0.1, 0.15) is 21.5 Å². The molecule has 102 valence electrons. The van der Waals surface area contributed by atoms with E-state index in [9.17, 15) is 4.79 Å². The molecule has 0 aliphatic heterocycles. The molecule has 0 fully saturated rings. The van der Waals surface area contributed by atoms with Gasteiger partial charge in [0.25, 0.3) is 0 Å². The molecule has 2 rings (SSSR count). The highest BCUT2D eigenvalue weighted by Gasteiger charge is 2.01. The normalized spacial score (nSPS) is 10.8. The summed E-state index contributed by atoms with van der Waals surface area (Å²) >= 11 is 3.35. The fourth-order valence-corrected chi connectivity index (χ4v) is 2.07. The predicted octanol–water partition coefficient (Wildman–Crippen LogP) is 4.87. The number of halogens is 1. The van der Waals surface area contributed by atoms with Crippen molar-refractivity contribution in [3.05, 3.63) is 75.9 Å². The van der Waals surface area contributed by atoms with Gasteiger partial charge in [-0.3, -0.25) is 4.79 Å². The van der Waals surface area contributed by atoms with Gasteiger partial charge in [-0.15, -0.1) is 0 Å². The molecule has 0 radical (unpaired) electrons. The van der Waals surface area contributed by atoms with E-state index in [1.54, 1.807) is 24.4 Å². The summed E-state index contributed by atoms with van der Waals surface area (Å²) in [6, 6.07) is 13.5. The molecule has 0 aliphatic carbocycles. The summed E-state index contributed by atoms with van der Waals surface area (Å²) in [5.41, 5.74) is 4.03. The monoisotopic (exact) mass is 329 g/mol. The SMILES string of the molecule is Cc1ccc(C)c(N/C=C/C(=O)c2ccc(Br)cc2)c1. The van der Waals surface area contributed by atoms with Gasteiger partial charge in [-0.1, -0.05) is 28.1 Å². The summed E-state index contributed by atoms with van der Waals surface area (Å²) in [5, 5.41) is 3.16. The summed E-state index contributed by atoms with van der Waals surface area (Å²) in [4.78, 5) is 12.0. The predicted molar refractivity (Wildman–Crippen MR) is 87.2 cm³/mol. The number of anilines is 1. The fraction of sp³-hybridized carbons (Fsp3) is 0.118. The first-order valence-corrected chi connectivity index (χ1v) is 7.16. The lowest BCUT2D eigenvalue weighted by Gasteiger charge is -2.06. The number of ketones is 1. The number of aryl methyl sites for hydroxylation is 2. The standard InChI is InChI=1S/C17H16BrNO/c1-12-3-4-13(2)16(11-12)19-10-9-17(20)14-5-7-15(18)8-6-14/h3-11,19H,1-2H3/b10-9+. The summed E-state index contributed by atoms with van der Waals surface area (Å²) in [7, 11) is 0. The highest BCUT2D eigenvalue weighted by atomic mass is 79.9. The number of hydrogen-bond donors (Lipinski definition) is 1. The Kier molecular flexibility index (Phi) is 4.74. The molecule has 20 heavy (non-hydrogen) atoms. The average Bonchev–Trinajstić information content (AvgIpc) is 2.43. The minimum atomic E-state index is -0.0182. The quantitative estimate of drug-likeness (QED) is 0.640. The Balaban J connectivity index is 2.04. The van der Waals surface area contributed by atoms with Crippen LogP contribution in [-0.4, -0.2) is 5.78 Å². The van der Waals surface area contributed by atoms with Gasteiger partial charge in [0.15, 0.2) is 5.78 Å². The van der Waals surface area contributed by atoms with Gasteiger partial charge in [-0.2, -0.15) is 0 Å². The third-order valence-corrected chi connectivity index (χ3v) is 3.52. The second-order valence-corrected chi connectivity index (χ2v) is 5.58. The minimum absolute atomic E-state index is 0.0182. The third kappa shape index (κ3) is 3.81. The Bertz CT molecular complexity index is 645. The van der Waals surface area contributed by atoms with Gasteiger partial charge in [0.2, 0.25) is 0 Å². The molecule has 0 amide bonds. The maximum atomic E-state index is 12.0. The second-order valence-electron chi connectivity index (χ2n) is 4.67. The number of carbonyl (C=O) groups excluding carboxylic acids is 1. The Morgan fingerprint density at radius 2 is 1.80 bits per heavy atom. The summed E-state index contributed by atoms with van der Waals surface area (Å²) < 4.78 is 0.964. The summed E-state index contributed by atoms with van der Waals surface area (Å²) in [5.74, 6) is -0.0182. The number of benzene rings is 2. The van der Waals surface area contributed by atoms with Crippen LogP contribution in [0.4, 0.5) is 5.69 Å². The van der Waals surface area contributed by atoms with E-state index in [0.29, 0.717) is 5.56 Å². The molecule has 0 bridgehead atoms. The molecule has 1 N–H and O–H groups in total. The van der Waals surface area contributed by atoms with E-state index >= 15 is 0 Å². The first kappa shape index (κ1) is 14.5.